The number of nitrogens with one attached hydrogen (secondary N) is 1. The molecule has 7 heteroatoms. The number of ether oxygens (including phenoxy) is 1. The molecule has 0 spiro atoms. The second kappa shape index (κ2) is 9.53. The third-order valence-electron chi connectivity index (χ3n) is 4.94. The number of likely N-dealkylation sites (N-methyl/N-ethyl adjacent to an activating group) is 2. The van der Waals surface area contributed by atoms with Crippen molar-refractivity contribution in [2.45, 2.75) is 0 Å². The maximum atomic E-state index is 12.7. The molecular formula is C25H26N4O3. The molecule has 32 heavy (non-hydrogen) atoms. The predicted molar refractivity (Wildman–Crippen MR) is 127 cm³/mol. The van der Waals surface area contributed by atoms with Crippen molar-refractivity contribution < 1.29 is 13.9 Å². The largest absolute Gasteiger partial charge is 0.457 e. The van der Waals surface area contributed by atoms with Gasteiger partial charge in [0.15, 0.2) is 5.58 Å². The average molecular weight is 431 g/mol. The molecule has 1 aromatic heterocycles. The highest BCUT2D eigenvalue weighted by Crippen LogP contribution is 2.25. The van der Waals surface area contributed by atoms with Crippen LogP contribution in [0.25, 0.3) is 11.1 Å². The number of para-hydroxylation sites is 1. The van der Waals surface area contributed by atoms with Crippen LogP contribution in [0.4, 0.5) is 11.7 Å². The van der Waals surface area contributed by atoms with Gasteiger partial charge in [0.05, 0.1) is 0 Å². The zero-order chi connectivity index (χ0) is 22.5. The van der Waals surface area contributed by atoms with Gasteiger partial charge >= 0.3 is 0 Å². The summed E-state index contributed by atoms with van der Waals surface area (Å²) in [5.74, 6) is 1.21. The lowest BCUT2D eigenvalue weighted by Gasteiger charge is -2.17. The van der Waals surface area contributed by atoms with Gasteiger partial charge in [0.1, 0.15) is 17.0 Å². The summed E-state index contributed by atoms with van der Waals surface area (Å²) in [6.45, 7) is 1.69. The standard InChI is InChI=1S/C25H26N4O3/c1-28(2)15-16-29(3)25-27-22-17-19(11-14-23(22)32-25)26-24(30)18-9-12-21(13-10-18)31-20-7-5-4-6-8-20/h4-14,17H,15-16H2,1-3H3,(H,26,30). The van der Waals surface area contributed by atoms with Gasteiger partial charge in [-0.15, -0.1) is 0 Å². The molecule has 1 heterocycles. The Morgan fingerprint density at radius 3 is 2.38 bits per heavy atom. The third-order valence-corrected chi connectivity index (χ3v) is 4.94. The van der Waals surface area contributed by atoms with Crippen LogP contribution in [0.3, 0.4) is 0 Å². The summed E-state index contributed by atoms with van der Waals surface area (Å²) in [6.07, 6.45) is 0. The summed E-state index contributed by atoms with van der Waals surface area (Å²) >= 11 is 0. The molecule has 4 rings (SSSR count). The number of amides is 1. The number of nitrogens with zero attached hydrogens (tertiary/aromatic N) is 3. The van der Waals surface area contributed by atoms with Gasteiger partial charge in [0, 0.05) is 31.4 Å². The number of aromatic nitrogens is 1. The highest BCUT2D eigenvalue weighted by atomic mass is 16.5. The number of rotatable bonds is 8. The van der Waals surface area contributed by atoms with E-state index >= 15 is 0 Å². The number of fused-ring (bicyclic) bond motifs is 1. The highest BCUT2D eigenvalue weighted by Gasteiger charge is 2.13. The van der Waals surface area contributed by atoms with E-state index in [2.05, 4.69) is 15.2 Å². The lowest BCUT2D eigenvalue weighted by Crippen LogP contribution is -2.28. The van der Waals surface area contributed by atoms with E-state index in [1.807, 2.05) is 74.6 Å². The van der Waals surface area contributed by atoms with E-state index in [1.54, 1.807) is 24.3 Å². The zero-order valence-electron chi connectivity index (χ0n) is 18.4. The van der Waals surface area contributed by atoms with Crippen LogP contribution in [0.5, 0.6) is 11.5 Å². The summed E-state index contributed by atoms with van der Waals surface area (Å²) in [6, 6.07) is 22.5. The molecular weight excluding hydrogens is 404 g/mol. The molecule has 0 unspecified atom stereocenters. The zero-order valence-corrected chi connectivity index (χ0v) is 18.4. The predicted octanol–water partition coefficient (Wildman–Crippen LogP) is 4.87. The fourth-order valence-corrected chi connectivity index (χ4v) is 3.10. The minimum Gasteiger partial charge on any atom is -0.457 e. The first kappa shape index (κ1) is 21.4. The van der Waals surface area contributed by atoms with Gasteiger partial charge in [-0.1, -0.05) is 18.2 Å². The van der Waals surface area contributed by atoms with Gasteiger partial charge in [-0.05, 0) is 68.7 Å². The first-order chi connectivity index (χ1) is 15.5. The van der Waals surface area contributed by atoms with Crippen molar-refractivity contribution in [1.82, 2.24) is 9.88 Å². The third kappa shape index (κ3) is 5.25. The van der Waals surface area contributed by atoms with E-state index in [-0.39, 0.29) is 5.91 Å². The number of carbonyl (C=O) groups excluding carboxylic acids is 1. The summed E-state index contributed by atoms with van der Waals surface area (Å²) in [5.41, 5.74) is 2.57. The Morgan fingerprint density at radius 2 is 1.66 bits per heavy atom. The molecule has 0 saturated carbocycles. The van der Waals surface area contributed by atoms with Gasteiger partial charge in [-0.3, -0.25) is 4.79 Å². The van der Waals surface area contributed by atoms with E-state index in [1.165, 1.54) is 0 Å². The number of hydrogen-bond donors (Lipinski definition) is 1. The number of oxazole rings is 1. The minimum absolute atomic E-state index is 0.206. The van der Waals surface area contributed by atoms with Crippen LogP contribution in [0.15, 0.2) is 77.2 Å². The summed E-state index contributed by atoms with van der Waals surface area (Å²) in [7, 11) is 6.00. The quantitative estimate of drug-likeness (QED) is 0.430. The topological polar surface area (TPSA) is 70.8 Å². The van der Waals surface area contributed by atoms with Gasteiger partial charge in [0.25, 0.3) is 11.9 Å². The van der Waals surface area contributed by atoms with Gasteiger partial charge in [-0.2, -0.15) is 4.98 Å². The maximum Gasteiger partial charge on any atom is 0.298 e. The summed E-state index contributed by atoms with van der Waals surface area (Å²) in [5, 5.41) is 2.92. The fourth-order valence-electron chi connectivity index (χ4n) is 3.10. The molecule has 3 aromatic carbocycles. The van der Waals surface area contributed by atoms with Crippen molar-refractivity contribution >= 4 is 28.7 Å². The summed E-state index contributed by atoms with van der Waals surface area (Å²) in [4.78, 5) is 21.3. The molecule has 0 saturated heterocycles. The van der Waals surface area contributed by atoms with E-state index in [0.717, 1.165) is 18.8 Å². The lowest BCUT2D eigenvalue weighted by molar-refractivity contribution is 0.102. The van der Waals surface area contributed by atoms with Crippen LogP contribution >= 0.6 is 0 Å². The molecule has 0 radical (unpaired) electrons. The van der Waals surface area contributed by atoms with Crippen LogP contribution < -0.4 is 15.0 Å². The SMILES string of the molecule is CN(C)CCN(C)c1nc2cc(NC(=O)c3ccc(Oc4ccccc4)cc3)ccc2o1. The monoisotopic (exact) mass is 430 g/mol. The van der Waals surface area contributed by atoms with Gasteiger partial charge in [0.2, 0.25) is 0 Å². The second-order valence-electron chi connectivity index (χ2n) is 7.80. The van der Waals surface area contributed by atoms with Crippen molar-refractivity contribution in [3.63, 3.8) is 0 Å². The summed E-state index contributed by atoms with van der Waals surface area (Å²) < 4.78 is 11.6. The Hall–Kier alpha value is -3.84. The molecule has 164 valence electrons. The second-order valence-corrected chi connectivity index (χ2v) is 7.80. The van der Waals surface area contributed by atoms with Crippen LogP contribution in [-0.2, 0) is 0 Å². The van der Waals surface area contributed by atoms with Crippen LogP contribution in [-0.4, -0.2) is 50.0 Å². The van der Waals surface area contributed by atoms with Gasteiger partial charge in [-0.25, -0.2) is 0 Å². The fraction of sp³-hybridized carbons (Fsp3) is 0.200. The Kier molecular flexibility index (Phi) is 6.37. The van der Waals surface area contributed by atoms with E-state index in [0.29, 0.717) is 34.1 Å². The number of carbonyl (C=O) groups is 1. The van der Waals surface area contributed by atoms with Crippen molar-refractivity contribution in [1.29, 1.82) is 0 Å². The van der Waals surface area contributed by atoms with Crippen molar-refractivity contribution in [3.8, 4) is 11.5 Å². The number of anilines is 2. The molecule has 0 aliphatic heterocycles. The highest BCUT2D eigenvalue weighted by molar-refractivity contribution is 6.05. The Balaban J connectivity index is 1.41. The number of hydrogen-bond acceptors (Lipinski definition) is 6. The smallest absolute Gasteiger partial charge is 0.298 e. The van der Waals surface area contributed by atoms with Crippen molar-refractivity contribution in [2.24, 2.45) is 0 Å². The first-order valence-electron chi connectivity index (χ1n) is 10.4. The van der Waals surface area contributed by atoms with Gasteiger partial charge < -0.3 is 24.3 Å². The molecule has 1 amide bonds. The molecule has 0 atom stereocenters. The molecule has 0 fully saturated rings. The number of benzene rings is 3. The van der Waals surface area contributed by atoms with Crippen LogP contribution in [0.1, 0.15) is 10.4 Å². The molecule has 0 aliphatic carbocycles. The molecule has 7 nitrogen and oxygen atoms in total. The average Bonchev–Trinajstić information content (AvgIpc) is 3.22. The lowest BCUT2D eigenvalue weighted by atomic mass is 10.2. The van der Waals surface area contributed by atoms with E-state index in [9.17, 15) is 4.79 Å². The van der Waals surface area contributed by atoms with E-state index in [4.69, 9.17) is 9.15 Å². The molecule has 1 N–H and O–H groups in total. The molecule has 0 bridgehead atoms. The first-order valence-corrected chi connectivity index (χ1v) is 10.4. The van der Waals surface area contributed by atoms with Crippen LogP contribution in [0.2, 0.25) is 0 Å². The maximum absolute atomic E-state index is 12.7. The Labute approximate surface area is 187 Å². The van der Waals surface area contributed by atoms with E-state index < -0.39 is 0 Å². The normalized spacial score (nSPS) is 11.0. The molecule has 4 aromatic rings. The van der Waals surface area contributed by atoms with Crippen LogP contribution in [0, 0.1) is 0 Å². The molecule has 0 aliphatic rings. The van der Waals surface area contributed by atoms with Crippen molar-refractivity contribution in [3.05, 3.63) is 78.4 Å². The Bertz CT molecular complexity index is 1190. The Morgan fingerprint density at radius 1 is 0.938 bits per heavy atom. The van der Waals surface area contributed by atoms with Crippen molar-refractivity contribution in [2.75, 3.05) is 44.4 Å². The minimum atomic E-state index is -0.206.